The van der Waals surface area contributed by atoms with E-state index in [0.717, 1.165) is 48.7 Å². The molecule has 3 aromatic rings. The summed E-state index contributed by atoms with van der Waals surface area (Å²) in [5.41, 5.74) is 3.07. The van der Waals surface area contributed by atoms with Crippen LogP contribution in [0.3, 0.4) is 0 Å². The second kappa shape index (κ2) is 7.72. The van der Waals surface area contributed by atoms with Crippen LogP contribution in [0.4, 0.5) is 5.82 Å². The zero-order valence-corrected chi connectivity index (χ0v) is 17.0. The number of ether oxygens (including phenoxy) is 1. The van der Waals surface area contributed by atoms with E-state index in [9.17, 15) is 0 Å². The Morgan fingerprint density at radius 2 is 2.07 bits per heavy atom. The van der Waals surface area contributed by atoms with Gasteiger partial charge in [-0.25, -0.2) is 4.98 Å². The number of fused-ring (bicyclic) bond motifs is 3. The van der Waals surface area contributed by atoms with Crippen LogP contribution >= 0.6 is 11.6 Å². The van der Waals surface area contributed by atoms with Gasteiger partial charge in [-0.3, -0.25) is 4.57 Å². The molecule has 3 atom stereocenters. The highest BCUT2D eigenvalue weighted by atomic mass is 35.5. The molecule has 0 spiro atoms. The summed E-state index contributed by atoms with van der Waals surface area (Å²) in [5, 5.41) is 12.2. The smallest absolute Gasteiger partial charge is 0.224 e. The Morgan fingerprint density at radius 3 is 2.90 bits per heavy atom. The Morgan fingerprint density at radius 1 is 1.21 bits per heavy atom. The molecule has 1 aliphatic heterocycles. The molecule has 8 heteroatoms. The van der Waals surface area contributed by atoms with E-state index in [-0.39, 0.29) is 23.3 Å². The molecule has 1 N–H and O–H groups in total. The Kier molecular flexibility index (Phi) is 4.93. The lowest BCUT2D eigenvalue weighted by atomic mass is 10.00. The molecule has 0 bridgehead atoms. The Hall–Kier alpha value is -2.51. The monoisotopic (exact) mass is 410 g/mol. The van der Waals surface area contributed by atoms with Gasteiger partial charge in [-0.2, -0.15) is 4.98 Å². The molecule has 2 aromatic heterocycles. The van der Waals surface area contributed by atoms with Crippen molar-refractivity contribution >= 4 is 17.4 Å². The van der Waals surface area contributed by atoms with Gasteiger partial charge < -0.3 is 10.1 Å². The molecule has 0 amide bonds. The first-order valence-electron chi connectivity index (χ1n) is 10.1. The van der Waals surface area contributed by atoms with Gasteiger partial charge in [0.1, 0.15) is 12.0 Å². The topological polar surface area (TPSA) is 77.8 Å². The van der Waals surface area contributed by atoms with E-state index < -0.39 is 0 Å². The molecule has 1 fully saturated rings. The summed E-state index contributed by atoms with van der Waals surface area (Å²) in [6.45, 7) is 2.74. The number of aromatic nitrogens is 5. The summed E-state index contributed by atoms with van der Waals surface area (Å²) in [6, 6.07) is 10.4. The van der Waals surface area contributed by atoms with Crippen LogP contribution in [0.25, 0.3) is 5.69 Å². The molecule has 3 heterocycles. The van der Waals surface area contributed by atoms with Gasteiger partial charge in [-0.05, 0) is 42.8 Å². The van der Waals surface area contributed by atoms with Crippen molar-refractivity contribution in [2.45, 2.75) is 57.3 Å². The number of anilines is 1. The van der Waals surface area contributed by atoms with E-state index in [1.807, 2.05) is 22.8 Å². The first-order valence-corrected chi connectivity index (χ1v) is 10.5. The van der Waals surface area contributed by atoms with Crippen molar-refractivity contribution in [2.75, 3.05) is 5.32 Å². The molecule has 1 unspecified atom stereocenters. The minimum absolute atomic E-state index is 0.0642. The van der Waals surface area contributed by atoms with Crippen molar-refractivity contribution < 1.29 is 4.74 Å². The lowest BCUT2D eigenvalue weighted by molar-refractivity contribution is 0.0446. The fourth-order valence-corrected chi connectivity index (χ4v) is 4.54. The fourth-order valence-electron chi connectivity index (χ4n) is 4.36. The van der Waals surface area contributed by atoms with Crippen molar-refractivity contribution in [1.82, 2.24) is 24.7 Å². The maximum atomic E-state index is 6.30. The minimum Gasteiger partial charge on any atom is -0.374 e. The average Bonchev–Trinajstić information content (AvgIpc) is 3.41. The van der Waals surface area contributed by atoms with Gasteiger partial charge in [0.05, 0.1) is 24.4 Å². The summed E-state index contributed by atoms with van der Waals surface area (Å²) in [5.74, 6) is 1.91. The summed E-state index contributed by atoms with van der Waals surface area (Å²) in [7, 11) is 0. The second-order valence-corrected chi connectivity index (χ2v) is 8.01. The van der Waals surface area contributed by atoms with Crippen LogP contribution in [0.1, 0.15) is 61.6 Å². The highest BCUT2D eigenvalue weighted by Crippen LogP contribution is 2.42. The van der Waals surface area contributed by atoms with Gasteiger partial charge in [-0.1, -0.05) is 37.3 Å². The zero-order valence-electron chi connectivity index (χ0n) is 16.3. The number of halogens is 1. The Bertz CT molecular complexity index is 1010. The van der Waals surface area contributed by atoms with Crippen molar-refractivity contribution in [2.24, 2.45) is 0 Å². The molecule has 0 radical (unpaired) electrons. The summed E-state index contributed by atoms with van der Waals surface area (Å²) in [4.78, 5) is 9.09. The highest BCUT2D eigenvalue weighted by Gasteiger charge is 2.35. The predicted octanol–water partition coefficient (Wildman–Crippen LogP) is 4.44. The van der Waals surface area contributed by atoms with Gasteiger partial charge in [0.15, 0.2) is 11.6 Å². The lowest BCUT2D eigenvalue weighted by Crippen LogP contribution is -2.25. The normalized spacial score (nSPS) is 22.8. The van der Waals surface area contributed by atoms with E-state index in [0.29, 0.717) is 6.61 Å². The molecule has 150 valence electrons. The number of rotatable bonds is 5. The molecule has 1 aliphatic carbocycles. The van der Waals surface area contributed by atoms with Crippen molar-refractivity contribution in [3.05, 3.63) is 59.0 Å². The standard InChI is InChI=1S/C21H23ClN6O/c1-2-16-20-27-23-12-28(20)18-17(25-21(22)26-19(18)24-16)14-8-9-15(10-14)29-11-13-6-4-3-5-7-13/h3-7,12,14-16H,2,8-11H2,1H3,(H,24,25,26)/t14?,15-,16+/m0/s1. The molecule has 1 saturated carbocycles. The quantitative estimate of drug-likeness (QED) is 0.626. The van der Waals surface area contributed by atoms with Crippen molar-refractivity contribution in [3.63, 3.8) is 0 Å². The first kappa shape index (κ1) is 18.5. The van der Waals surface area contributed by atoms with Crippen LogP contribution in [0.5, 0.6) is 0 Å². The number of nitrogens with one attached hydrogen (secondary N) is 1. The predicted molar refractivity (Wildman–Crippen MR) is 110 cm³/mol. The molecule has 2 aliphatic rings. The zero-order chi connectivity index (χ0) is 19.8. The Balaban J connectivity index is 1.40. The Labute approximate surface area is 174 Å². The van der Waals surface area contributed by atoms with Crippen molar-refractivity contribution in [3.8, 4) is 5.69 Å². The largest absolute Gasteiger partial charge is 0.374 e. The van der Waals surface area contributed by atoms with E-state index in [1.165, 1.54) is 5.56 Å². The van der Waals surface area contributed by atoms with Crippen LogP contribution in [-0.2, 0) is 11.3 Å². The first-order chi connectivity index (χ1) is 14.2. The molecule has 29 heavy (non-hydrogen) atoms. The van der Waals surface area contributed by atoms with Crippen LogP contribution < -0.4 is 5.32 Å². The number of nitrogens with zero attached hydrogens (tertiary/aromatic N) is 5. The lowest BCUT2D eigenvalue weighted by Gasteiger charge is -2.28. The summed E-state index contributed by atoms with van der Waals surface area (Å²) in [6.07, 6.45) is 5.78. The van der Waals surface area contributed by atoms with Crippen molar-refractivity contribution in [1.29, 1.82) is 0 Å². The maximum absolute atomic E-state index is 6.30. The van der Waals surface area contributed by atoms with E-state index in [4.69, 9.17) is 16.3 Å². The maximum Gasteiger partial charge on any atom is 0.224 e. The average molecular weight is 411 g/mol. The number of hydrogen-bond donors (Lipinski definition) is 1. The second-order valence-electron chi connectivity index (χ2n) is 7.67. The van der Waals surface area contributed by atoms with E-state index in [2.05, 4.69) is 44.5 Å². The molecule has 5 rings (SSSR count). The van der Waals surface area contributed by atoms with Crippen LogP contribution in [-0.4, -0.2) is 30.8 Å². The van der Waals surface area contributed by atoms with E-state index in [1.54, 1.807) is 6.33 Å². The van der Waals surface area contributed by atoms with Gasteiger partial charge in [0.25, 0.3) is 0 Å². The summed E-state index contributed by atoms with van der Waals surface area (Å²) >= 11 is 6.30. The summed E-state index contributed by atoms with van der Waals surface area (Å²) < 4.78 is 8.20. The molecular formula is C21H23ClN6O. The van der Waals surface area contributed by atoms with Gasteiger partial charge in [-0.15, -0.1) is 10.2 Å². The molecule has 7 nitrogen and oxygen atoms in total. The van der Waals surface area contributed by atoms with Gasteiger partial charge in [0, 0.05) is 5.92 Å². The van der Waals surface area contributed by atoms with Gasteiger partial charge in [0.2, 0.25) is 5.28 Å². The van der Waals surface area contributed by atoms with Crippen LogP contribution in [0.2, 0.25) is 5.28 Å². The van der Waals surface area contributed by atoms with Crippen LogP contribution in [0.15, 0.2) is 36.7 Å². The third-order valence-corrected chi connectivity index (χ3v) is 6.00. The van der Waals surface area contributed by atoms with Gasteiger partial charge >= 0.3 is 0 Å². The SMILES string of the molecule is CC[C@H]1Nc2nc(Cl)nc(C3CC[C@H](OCc4ccccc4)C3)c2-n2cnnc21. The fraction of sp³-hybridized carbons (Fsp3) is 0.429. The molecule has 1 aromatic carbocycles. The third kappa shape index (κ3) is 3.49. The number of benzene rings is 1. The van der Waals surface area contributed by atoms with E-state index >= 15 is 0 Å². The van der Waals surface area contributed by atoms with Crippen LogP contribution in [0, 0.1) is 0 Å². The number of hydrogen-bond acceptors (Lipinski definition) is 6. The molecular weight excluding hydrogens is 388 g/mol. The third-order valence-electron chi connectivity index (χ3n) is 5.83. The highest BCUT2D eigenvalue weighted by molar-refractivity contribution is 6.28. The minimum atomic E-state index is 0.0642. The molecule has 0 saturated heterocycles.